The van der Waals surface area contributed by atoms with Gasteiger partial charge in [-0.1, -0.05) is 0 Å². The number of hydrogen-bond acceptors (Lipinski definition) is 0. The summed E-state index contributed by atoms with van der Waals surface area (Å²) in [5.74, 6) is -38.2. The van der Waals surface area contributed by atoms with E-state index >= 15 is 0 Å². The van der Waals surface area contributed by atoms with Gasteiger partial charge in [-0.3, -0.25) is 0 Å². The summed E-state index contributed by atoms with van der Waals surface area (Å²) in [6.45, 7) is 0. The molecule has 1 aliphatic rings. The predicted molar refractivity (Wildman–Crippen MR) is 41.8 cm³/mol. The first-order valence-corrected chi connectivity index (χ1v) is 5.15. The average molecular weight is 438 g/mol. The minimum atomic E-state index is -7.14. The lowest BCUT2D eigenvalue weighted by Gasteiger charge is -2.49. The molecule has 1 saturated carbocycles. The van der Waals surface area contributed by atoms with E-state index in [0.717, 1.165) is 0 Å². The molecule has 0 aromatic carbocycles. The van der Waals surface area contributed by atoms with Crippen molar-refractivity contribution >= 4 is 0 Å². The quantitative estimate of drug-likeness (QED) is 0.446. The van der Waals surface area contributed by atoms with Gasteiger partial charge in [-0.25, -0.2) is 0 Å². The molecule has 0 heterocycles. The highest BCUT2D eigenvalue weighted by atomic mass is 19.4. The molecule has 0 bridgehead atoms. The standard InChI is InChI=1S/C4F10.C4F8/c5-1(6,3(9,10)11)2(7,8)4(12,13)14;5-1(6)2(7,8)4(11,12)3(1,9)10. The smallest absolute Gasteiger partial charge is 0.192 e. The van der Waals surface area contributed by atoms with Gasteiger partial charge >= 0.3 is 47.9 Å². The molecule has 0 N–H and O–H groups in total. The summed E-state index contributed by atoms with van der Waals surface area (Å²) in [6, 6.07) is 0. The Morgan fingerprint density at radius 2 is 0.423 bits per heavy atom. The predicted octanol–water partition coefficient (Wildman–Crippen LogP) is 5.92. The Labute approximate surface area is 128 Å². The van der Waals surface area contributed by atoms with Gasteiger partial charge in [0.15, 0.2) is 0 Å². The molecule has 1 aliphatic carbocycles. The number of alkyl halides is 18. The first-order chi connectivity index (χ1) is 10.8. The Kier molecular flexibility index (Phi) is 5.35. The molecule has 158 valence electrons. The van der Waals surface area contributed by atoms with Crippen LogP contribution < -0.4 is 0 Å². The van der Waals surface area contributed by atoms with E-state index in [1.165, 1.54) is 0 Å². The number of halogens is 18. The molecule has 0 nitrogen and oxygen atoms in total. The highest BCUT2D eigenvalue weighted by molar-refractivity contribution is 5.22. The first-order valence-electron chi connectivity index (χ1n) is 5.15. The molecule has 0 unspecified atom stereocenters. The zero-order chi connectivity index (χ0) is 22.0. The highest BCUT2D eigenvalue weighted by Gasteiger charge is 3.01. The van der Waals surface area contributed by atoms with Gasteiger partial charge in [-0.05, 0) is 0 Å². The van der Waals surface area contributed by atoms with E-state index in [2.05, 4.69) is 0 Å². The van der Waals surface area contributed by atoms with Gasteiger partial charge in [-0.2, -0.15) is 79.0 Å². The molecule has 0 amide bonds. The van der Waals surface area contributed by atoms with Crippen LogP contribution in [-0.2, 0) is 0 Å². The Morgan fingerprint density at radius 3 is 0.500 bits per heavy atom. The molecule has 18 heteroatoms. The van der Waals surface area contributed by atoms with Gasteiger partial charge < -0.3 is 0 Å². The van der Waals surface area contributed by atoms with Crippen molar-refractivity contribution in [1.29, 1.82) is 0 Å². The number of hydrogen-bond donors (Lipinski definition) is 0. The second-order valence-corrected chi connectivity index (χ2v) is 4.44. The maximum Gasteiger partial charge on any atom is 0.460 e. The summed E-state index contributed by atoms with van der Waals surface area (Å²) in [5.41, 5.74) is 0. The van der Waals surface area contributed by atoms with Crippen LogP contribution in [0.4, 0.5) is 79.0 Å². The van der Waals surface area contributed by atoms with E-state index in [1.807, 2.05) is 0 Å². The fourth-order valence-corrected chi connectivity index (χ4v) is 1.08. The van der Waals surface area contributed by atoms with Crippen LogP contribution in [0.5, 0.6) is 0 Å². The van der Waals surface area contributed by atoms with Crippen molar-refractivity contribution in [3.8, 4) is 0 Å². The summed E-state index contributed by atoms with van der Waals surface area (Å²) >= 11 is 0. The fourth-order valence-electron chi connectivity index (χ4n) is 1.08. The van der Waals surface area contributed by atoms with Crippen molar-refractivity contribution in [2.45, 2.75) is 47.9 Å². The second kappa shape index (κ2) is 5.62. The summed E-state index contributed by atoms with van der Waals surface area (Å²) in [4.78, 5) is 0. The van der Waals surface area contributed by atoms with Crippen LogP contribution in [0.25, 0.3) is 0 Å². The third-order valence-corrected chi connectivity index (χ3v) is 2.68. The molecule has 0 spiro atoms. The highest BCUT2D eigenvalue weighted by Crippen LogP contribution is 2.69. The second-order valence-electron chi connectivity index (χ2n) is 4.44. The Balaban J connectivity index is 0.000000485. The average Bonchev–Trinajstić information content (AvgIpc) is 2.34. The van der Waals surface area contributed by atoms with E-state index in [0.29, 0.717) is 0 Å². The van der Waals surface area contributed by atoms with Crippen molar-refractivity contribution in [2.75, 3.05) is 0 Å². The van der Waals surface area contributed by atoms with Gasteiger partial charge in [0.05, 0.1) is 0 Å². The van der Waals surface area contributed by atoms with Crippen LogP contribution >= 0.6 is 0 Å². The molecule has 0 radical (unpaired) electrons. The van der Waals surface area contributed by atoms with E-state index in [1.54, 1.807) is 0 Å². The van der Waals surface area contributed by atoms with Crippen molar-refractivity contribution in [3.63, 3.8) is 0 Å². The minimum absolute atomic E-state index is 5.97. The van der Waals surface area contributed by atoms with E-state index in [4.69, 9.17) is 0 Å². The van der Waals surface area contributed by atoms with E-state index < -0.39 is 47.9 Å². The molecule has 0 aromatic rings. The summed E-state index contributed by atoms with van der Waals surface area (Å²) in [6.07, 6.45) is -13.9. The molecule has 1 rings (SSSR count). The molecule has 26 heavy (non-hydrogen) atoms. The van der Waals surface area contributed by atoms with Crippen LogP contribution in [0.1, 0.15) is 0 Å². The van der Waals surface area contributed by atoms with Crippen molar-refractivity contribution in [3.05, 3.63) is 0 Å². The monoisotopic (exact) mass is 438 g/mol. The molecule has 0 atom stereocenters. The lowest BCUT2D eigenvalue weighted by Crippen LogP contribution is -2.82. The molecule has 0 saturated heterocycles. The summed E-state index contributed by atoms with van der Waals surface area (Å²) < 4.78 is 206. The molecular weight excluding hydrogens is 438 g/mol. The zero-order valence-electron chi connectivity index (χ0n) is 10.8. The van der Waals surface area contributed by atoms with E-state index in [-0.39, 0.29) is 0 Å². The Morgan fingerprint density at radius 1 is 0.308 bits per heavy atom. The molecule has 0 aromatic heterocycles. The van der Waals surface area contributed by atoms with Crippen molar-refractivity contribution in [2.24, 2.45) is 0 Å². The zero-order valence-corrected chi connectivity index (χ0v) is 10.8. The van der Waals surface area contributed by atoms with Crippen LogP contribution in [-0.4, -0.2) is 47.9 Å². The fraction of sp³-hybridized carbons (Fsp3) is 1.00. The van der Waals surface area contributed by atoms with Gasteiger partial charge in [0.2, 0.25) is 0 Å². The third-order valence-electron chi connectivity index (χ3n) is 2.68. The topological polar surface area (TPSA) is 0 Å². The Hall–Kier alpha value is -1.26. The normalized spacial score (nSPS) is 24.2. The maximum atomic E-state index is 11.6. The van der Waals surface area contributed by atoms with Crippen molar-refractivity contribution in [1.82, 2.24) is 0 Å². The van der Waals surface area contributed by atoms with Gasteiger partial charge in [-0.15, -0.1) is 0 Å². The lowest BCUT2D eigenvalue weighted by atomic mass is 9.80. The first kappa shape index (κ1) is 24.7. The summed E-state index contributed by atoms with van der Waals surface area (Å²) in [5, 5.41) is 0. The number of rotatable bonds is 1. The molecular formula is C8F18. The van der Waals surface area contributed by atoms with E-state index in [9.17, 15) is 79.0 Å². The van der Waals surface area contributed by atoms with Crippen molar-refractivity contribution < 1.29 is 79.0 Å². The SMILES string of the molecule is FC(F)(F)C(F)(F)C(F)(F)C(F)(F)F.FC1(F)C(F)(F)C(F)(F)C1(F)F. The van der Waals surface area contributed by atoms with Crippen LogP contribution in [0.15, 0.2) is 0 Å². The lowest BCUT2D eigenvalue weighted by molar-refractivity contribution is -0.506. The third kappa shape index (κ3) is 2.82. The van der Waals surface area contributed by atoms with Crippen LogP contribution in [0.3, 0.4) is 0 Å². The minimum Gasteiger partial charge on any atom is -0.192 e. The van der Waals surface area contributed by atoms with Gasteiger partial charge in [0.25, 0.3) is 0 Å². The maximum absolute atomic E-state index is 11.6. The molecule has 0 aliphatic heterocycles. The van der Waals surface area contributed by atoms with Crippen LogP contribution in [0.2, 0.25) is 0 Å². The summed E-state index contributed by atoms with van der Waals surface area (Å²) in [7, 11) is 0. The Bertz CT molecular complexity index is 428. The molecule has 1 fully saturated rings. The van der Waals surface area contributed by atoms with Gasteiger partial charge in [0, 0.05) is 0 Å². The largest absolute Gasteiger partial charge is 0.460 e. The van der Waals surface area contributed by atoms with Crippen LogP contribution in [0, 0.1) is 0 Å². The van der Waals surface area contributed by atoms with Gasteiger partial charge in [0.1, 0.15) is 0 Å².